The summed E-state index contributed by atoms with van der Waals surface area (Å²) in [5.74, 6) is -0.185. The highest BCUT2D eigenvalue weighted by atomic mass is 19.1. The van der Waals surface area contributed by atoms with E-state index < -0.39 is 23.3 Å². The minimum absolute atomic E-state index is 0.0795. The average molecular weight is 484 g/mol. The number of hydrogen-bond donors (Lipinski definition) is 3. The molecule has 0 spiro atoms. The Balaban J connectivity index is 1.51. The molecule has 2 heterocycles. The van der Waals surface area contributed by atoms with Crippen LogP contribution < -0.4 is 15.6 Å². The van der Waals surface area contributed by atoms with E-state index in [2.05, 4.69) is 9.97 Å². The molecule has 1 aliphatic rings. The maximum atomic E-state index is 14.4. The second-order valence-electron chi connectivity index (χ2n) is 9.24. The molecule has 0 radical (unpaired) electrons. The fraction of sp³-hybridized carbons (Fsp3) is 0.370. The van der Waals surface area contributed by atoms with Crippen LogP contribution in [-0.2, 0) is 4.74 Å². The number of hydrogen-bond acceptors (Lipinski definition) is 5. The molecule has 1 saturated heterocycles. The summed E-state index contributed by atoms with van der Waals surface area (Å²) in [5, 5.41) is 23.2. The zero-order chi connectivity index (χ0) is 25.3. The largest absolute Gasteiger partial charge is 0.493 e. The predicted octanol–water partition coefficient (Wildman–Crippen LogP) is 2.92. The third-order valence-electron chi connectivity index (χ3n) is 6.52. The Morgan fingerprint density at radius 3 is 2.46 bits per heavy atom. The van der Waals surface area contributed by atoms with Gasteiger partial charge in [-0.05, 0) is 51.8 Å². The van der Waals surface area contributed by atoms with Crippen molar-refractivity contribution >= 4 is 17.5 Å². The van der Waals surface area contributed by atoms with Crippen molar-refractivity contribution in [3.63, 3.8) is 0 Å². The molecule has 3 N–H and O–H groups in total. The predicted molar refractivity (Wildman–Crippen MR) is 132 cm³/mol. The number of aromatic nitrogens is 2. The third kappa shape index (κ3) is 5.09. The summed E-state index contributed by atoms with van der Waals surface area (Å²) in [6.45, 7) is 7.14. The number of β-amino-alcohol motifs (C(OH)–C–C–N with tert-alkyl or cyclic N) is 1. The van der Waals surface area contributed by atoms with E-state index in [1.54, 1.807) is 13.8 Å². The van der Waals surface area contributed by atoms with Crippen molar-refractivity contribution in [1.29, 1.82) is 0 Å². The fourth-order valence-corrected chi connectivity index (χ4v) is 4.34. The Morgan fingerprint density at radius 1 is 1.20 bits per heavy atom. The van der Waals surface area contributed by atoms with E-state index in [0.29, 0.717) is 22.5 Å². The molecule has 8 heteroatoms. The number of piperidine rings is 1. The standard InChI is InChI=1S/C27H31F2N3O3/c1-5-22-24(31-26(30-22)19-8-6-16(2)7-9-19)18(4)35-15-27(34)10-11-32(14-23(27)33)25-20(28)12-17(3)13-21(25)29/h5-9,12-13,23,33-34H,10-11,14-15H2,1-4H3,(H,30,31)/b22-5+,24-18-/t23-,27-/m1/s1. The Labute approximate surface area is 203 Å². The molecule has 1 aliphatic heterocycles. The van der Waals surface area contributed by atoms with Crippen LogP contribution in [0.5, 0.6) is 0 Å². The van der Waals surface area contributed by atoms with E-state index in [9.17, 15) is 19.0 Å². The van der Waals surface area contributed by atoms with E-state index in [-0.39, 0.29) is 31.8 Å². The van der Waals surface area contributed by atoms with Gasteiger partial charge in [0, 0.05) is 18.7 Å². The normalized spacial score (nSPS) is 21.9. The molecule has 3 aromatic rings. The van der Waals surface area contributed by atoms with E-state index in [1.165, 1.54) is 17.0 Å². The number of aromatic amines is 1. The van der Waals surface area contributed by atoms with Crippen LogP contribution in [0.25, 0.3) is 23.2 Å². The second kappa shape index (κ2) is 9.79. The van der Waals surface area contributed by atoms with E-state index in [1.807, 2.05) is 44.2 Å². The summed E-state index contributed by atoms with van der Waals surface area (Å²) in [5.41, 5.74) is 0.810. The number of aliphatic hydroxyl groups is 2. The SMILES string of the molecule is C/C=c1/[nH]c(-c2ccc(C)cc2)n/c1=C(/C)OC[C@]1(O)CCN(c2c(F)cc(C)cc2F)C[C@H]1O. The molecular weight excluding hydrogens is 452 g/mol. The molecule has 1 fully saturated rings. The summed E-state index contributed by atoms with van der Waals surface area (Å²) in [6, 6.07) is 10.5. The number of H-pyrrole nitrogens is 1. The van der Waals surface area contributed by atoms with Crippen LogP contribution in [0.2, 0.25) is 0 Å². The van der Waals surface area contributed by atoms with Crippen LogP contribution >= 0.6 is 0 Å². The van der Waals surface area contributed by atoms with E-state index in [0.717, 1.165) is 16.5 Å². The number of anilines is 1. The first-order valence-corrected chi connectivity index (χ1v) is 11.7. The lowest BCUT2D eigenvalue weighted by molar-refractivity contribution is -0.114. The molecule has 6 nitrogen and oxygen atoms in total. The highest BCUT2D eigenvalue weighted by Crippen LogP contribution is 2.31. The van der Waals surface area contributed by atoms with Crippen LogP contribution in [0, 0.1) is 25.5 Å². The molecule has 0 unspecified atom stereocenters. The van der Waals surface area contributed by atoms with Crippen molar-refractivity contribution in [3.8, 4) is 11.4 Å². The number of imidazole rings is 1. The fourth-order valence-electron chi connectivity index (χ4n) is 4.34. The van der Waals surface area contributed by atoms with Gasteiger partial charge in [0.15, 0.2) is 0 Å². The maximum absolute atomic E-state index is 14.4. The molecule has 186 valence electrons. The van der Waals surface area contributed by atoms with E-state index in [4.69, 9.17) is 4.74 Å². The average Bonchev–Trinajstić information content (AvgIpc) is 3.24. The molecule has 2 atom stereocenters. The number of nitrogens with one attached hydrogen (secondary N) is 1. The van der Waals surface area contributed by atoms with Crippen LogP contribution in [0.15, 0.2) is 36.4 Å². The molecule has 0 bridgehead atoms. The van der Waals surface area contributed by atoms with Crippen molar-refractivity contribution in [3.05, 3.63) is 69.9 Å². The van der Waals surface area contributed by atoms with E-state index >= 15 is 0 Å². The lowest BCUT2D eigenvalue weighted by Crippen LogP contribution is -2.58. The monoisotopic (exact) mass is 483 g/mol. The summed E-state index contributed by atoms with van der Waals surface area (Å²) >= 11 is 0. The Hall–Kier alpha value is -3.23. The Kier molecular flexibility index (Phi) is 6.96. The Bertz CT molecular complexity index is 1310. The molecule has 2 aromatic carbocycles. The number of ether oxygens (including phenoxy) is 1. The summed E-state index contributed by atoms with van der Waals surface area (Å²) < 4.78 is 34.7. The lowest BCUT2D eigenvalue weighted by Gasteiger charge is -2.42. The van der Waals surface area contributed by atoms with Gasteiger partial charge < -0.3 is 24.8 Å². The van der Waals surface area contributed by atoms with Crippen LogP contribution in [0.1, 0.15) is 31.4 Å². The highest BCUT2D eigenvalue weighted by molar-refractivity contribution is 5.56. The first-order chi connectivity index (χ1) is 16.6. The van der Waals surface area contributed by atoms with Crippen molar-refractivity contribution in [2.75, 3.05) is 24.6 Å². The van der Waals surface area contributed by atoms with Gasteiger partial charge in [-0.3, -0.25) is 0 Å². The van der Waals surface area contributed by atoms with Gasteiger partial charge in [-0.2, -0.15) is 0 Å². The number of benzene rings is 2. The van der Waals surface area contributed by atoms with Gasteiger partial charge in [-0.1, -0.05) is 35.9 Å². The molecule has 0 saturated carbocycles. The van der Waals surface area contributed by atoms with Crippen LogP contribution in [-0.4, -0.2) is 51.6 Å². The third-order valence-corrected chi connectivity index (χ3v) is 6.52. The van der Waals surface area contributed by atoms with Crippen molar-refractivity contribution < 1.29 is 23.7 Å². The van der Waals surface area contributed by atoms with Gasteiger partial charge in [0.05, 0.1) is 5.35 Å². The van der Waals surface area contributed by atoms with Gasteiger partial charge in [0.25, 0.3) is 0 Å². The maximum Gasteiger partial charge on any atom is 0.149 e. The molecular formula is C27H31F2N3O3. The molecule has 0 amide bonds. The Morgan fingerprint density at radius 2 is 1.86 bits per heavy atom. The van der Waals surface area contributed by atoms with Crippen LogP contribution in [0.4, 0.5) is 14.5 Å². The van der Waals surface area contributed by atoms with Crippen molar-refractivity contribution in [2.24, 2.45) is 0 Å². The van der Waals surface area contributed by atoms with Gasteiger partial charge in [0.2, 0.25) is 0 Å². The summed E-state index contributed by atoms with van der Waals surface area (Å²) in [7, 11) is 0. The van der Waals surface area contributed by atoms with Crippen molar-refractivity contribution in [1.82, 2.24) is 9.97 Å². The van der Waals surface area contributed by atoms with Gasteiger partial charge >= 0.3 is 0 Å². The summed E-state index contributed by atoms with van der Waals surface area (Å²) in [6.07, 6.45) is 0.708. The number of aliphatic hydroxyl groups excluding tert-OH is 1. The number of halogens is 2. The van der Waals surface area contributed by atoms with Crippen molar-refractivity contribution in [2.45, 2.75) is 45.8 Å². The van der Waals surface area contributed by atoms with Crippen LogP contribution in [0.3, 0.4) is 0 Å². The minimum Gasteiger partial charge on any atom is -0.493 e. The summed E-state index contributed by atoms with van der Waals surface area (Å²) in [4.78, 5) is 9.39. The quantitative estimate of drug-likeness (QED) is 0.520. The molecule has 1 aromatic heterocycles. The molecule has 4 rings (SSSR count). The zero-order valence-corrected chi connectivity index (χ0v) is 20.4. The smallest absolute Gasteiger partial charge is 0.149 e. The second-order valence-corrected chi connectivity index (χ2v) is 9.24. The minimum atomic E-state index is -1.57. The first-order valence-electron chi connectivity index (χ1n) is 11.7. The van der Waals surface area contributed by atoms with Gasteiger partial charge in [-0.25, -0.2) is 13.8 Å². The molecule has 0 aliphatic carbocycles. The van der Waals surface area contributed by atoms with Gasteiger partial charge in [-0.15, -0.1) is 0 Å². The van der Waals surface area contributed by atoms with Gasteiger partial charge in [0.1, 0.15) is 52.6 Å². The number of aryl methyl sites for hydroxylation is 2. The first kappa shape index (κ1) is 24.9. The number of nitrogens with zero attached hydrogens (tertiary/aromatic N) is 2. The molecule has 35 heavy (non-hydrogen) atoms. The number of rotatable bonds is 5. The zero-order valence-electron chi connectivity index (χ0n) is 20.4. The highest BCUT2D eigenvalue weighted by Gasteiger charge is 2.42. The topological polar surface area (TPSA) is 81.6 Å². The lowest BCUT2D eigenvalue weighted by atomic mass is 9.89.